The molecule has 0 fully saturated rings. The summed E-state index contributed by atoms with van der Waals surface area (Å²) in [6.45, 7) is 0. The zero-order valence-corrected chi connectivity index (χ0v) is 12.6. The number of aromatic nitrogens is 2. The molecule has 0 spiro atoms. The SMILES string of the molecule is Ic1nc2c(ccc3nc(I)sc32)s1. The first kappa shape index (κ1) is 9.67. The second-order valence-electron chi connectivity index (χ2n) is 2.69. The minimum Gasteiger partial charge on any atom is -0.230 e. The van der Waals surface area contributed by atoms with Crippen molar-refractivity contribution in [2.45, 2.75) is 0 Å². The molecule has 0 radical (unpaired) electrons. The van der Waals surface area contributed by atoms with E-state index >= 15 is 0 Å². The summed E-state index contributed by atoms with van der Waals surface area (Å²) < 4.78 is 4.63. The molecule has 14 heavy (non-hydrogen) atoms. The number of benzene rings is 1. The van der Waals surface area contributed by atoms with Crippen molar-refractivity contribution in [3.8, 4) is 0 Å². The van der Waals surface area contributed by atoms with Gasteiger partial charge in [0.25, 0.3) is 0 Å². The van der Waals surface area contributed by atoms with Crippen molar-refractivity contribution in [3.63, 3.8) is 0 Å². The Morgan fingerprint density at radius 1 is 1.00 bits per heavy atom. The van der Waals surface area contributed by atoms with Gasteiger partial charge in [0.15, 0.2) is 6.03 Å². The van der Waals surface area contributed by atoms with Crippen LogP contribution in [0.15, 0.2) is 12.1 Å². The van der Waals surface area contributed by atoms with Crippen molar-refractivity contribution in [1.82, 2.24) is 9.97 Å². The number of hydrogen-bond donors (Lipinski definition) is 0. The second kappa shape index (κ2) is 3.49. The van der Waals surface area contributed by atoms with Crippen LogP contribution in [0.2, 0.25) is 0 Å². The van der Waals surface area contributed by atoms with E-state index in [2.05, 4.69) is 67.3 Å². The van der Waals surface area contributed by atoms with Crippen molar-refractivity contribution in [2.24, 2.45) is 0 Å². The average molecular weight is 444 g/mol. The number of rotatable bonds is 0. The molecule has 6 heteroatoms. The molecule has 2 heterocycles. The van der Waals surface area contributed by atoms with Crippen LogP contribution in [0.25, 0.3) is 20.4 Å². The third kappa shape index (κ3) is 1.46. The minimum atomic E-state index is 1.06. The Bertz CT molecular complexity index is 573. The van der Waals surface area contributed by atoms with E-state index in [-0.39, 0.29) is 0 Å². The highest BCUT2D eigenvalue weighted by atomic mass is 127. The van der Waals surface area contributed by atoms with Crippen molar-refractivity contribution in [1.29, 1.82) is 0 Å². The van der Waals surface area contributed by atoms with Crippen LogP contribution in [0.4, 0.5) is 0 Å². The van der Waals surface area contributed by atoms with Gasteiger partial charge < -0.3 is 0 Å². The van der Waals surface area contributed by atoms with Crippen LogP contribution in [0.3, 0.4) is 0 Å². The van der Waals surface area contributed by atoms with Crippen LogP contribution in [-0.2, 0) is 0 Å². The molecule has 3 rings (SSSR count). The lowest BCUT2D eigenvalue weighted by Crippen LogP contribution is -1.70. The standard InChI is InChI=1S/C8H2I2N2S2/c9-7-11-3-1-2-4-5(6(3)14-7)12-8(10)13-4/h1-2H. The Kier molecular flexibility index (Phi) is 2.41. The summed E-state index contributed by atoms with van der Waals surface area (Å²) in [6.07, 6.45) is 0. The first-order valence-corrected chi connectivity index (χ1v) is 7.54. The normalized spacial score (nSPS) is 11.6. The second-order valence-corrected chi connectivity index (χ2v) is 8.23. The van der Waals surface area contributed by atoms with Gasteiger partial charge in [0.2, 0.25) is 0 Å². The van der Waals surface area contributed by atoms with E-state index < -0.39 is 0 Å². The minimum absolute atomic E-state index is 1.06. The maximum atomic E-state index is 4.53. The van der Waals surface area contributed by atoms with Crippen LogP contribution in [0.1, 0.15) is 0 Å². The van der Waals surface area contributed by atoms with E-state index in [1.54, 1.807) is 22.7 Å². The van der Waals surface area contributed by atoms with Gasteiger partial charge in [0.05, 0.1) is 14.9 Å². The topological polar surface area (TPSA) is 25.8 Å². The van der Waals surface area contributed by atoms with Gasteiger partial charge in [0.1, 0.15) is 5.52 Å². The van der Waals surface area contributed by atoms with Crippen LogP contribution < -0.4 is 0 Å². The predicted molar refractivity (Wildman–Crippen MR) is 78.2 cm³/mol. The Morgan fingerprint density at radius 2 is 1.79 bits per heavy atom. The molecule has 1 aromatic carbocycles. The van der Waals surface area contributed by atoms with E-state index in [4.69, 9.17) is 0 Å². The molecule has 3 aromatic rings. The highest BCUT2D eigenvalue weighted by Gasteiger charge is 2.09. The molecule has 0 atom stereocenters. The zero-order chi connectivity index (χ0) is 9.71. The fourth-order valence-corrected chi connectivity index (χ4v) is 4.74. The van der Waals surface area contributed by atoms with Crippen molar-refractivity contribution < 1.29 is 0 Å². The number of thiazole rings is 2. The lowest BCUT2D eigenvalue weighted by Gasteiger charge is -1.87. The van der Waals surface area contributed by atoms with Gasteiger partial charge >= 0.3 is 0 Å². The van der Waals surface area contributed by atoms with E-state index in [1.165, 1.54) is 9.40 Å². The molecule has 0 saturated heterocycles. The molecule has 0 aliphatic carbocycles. The van der Waals surface area contributed by atoms with E-state index in [9.17, 15) is 0 Å². The number of halogens is 2. The first-order chi connectivity index (χ1) is 6.74. The van der Waals surface area contributed by atoms with Crippen LogP contribution in [-0.4, -0.2) is 9.97 Å². The van der Waals surface area contributed by atoms with Gasteiger partial charge in [-0.05, 0) is 57.3 Å². The quantitative estimate of drug-likeness (QED) is 0.488. The maximum absolute atomic E-state index is 4.53. The Balaban J connectivity index is 2.58. The molecular weight excluding hydrogens is 442 g/mol. The molecule has 70 valence electrons. The Hall–Kier alpha value is 0.460. The molecule has 2 nitrogen and oxygen atoms in total. The van der Waals surface area contributed by atoms with E-state index in [1.807, 2.05) is 0 Å². The van der Waals surface area contributed by atoms with Crippen molar-refractivity contribution >= 4 is 88.3 Å². The molecule has 0 aliphatic rings. The van der Waals surface area contributed by atoms with Gasteiger partial charge in [0, 0.05) is 0 Å². The summed E-state index contributed by atoms with van der Waals surface area (Å²) >= 11 is 7.96. The third-order valence-corrected chi connectivity index (χ3v) is 5.34. The fourth-order valence-electron chi connectivity index (χ4n) is 1.32. The molecule has 0 bridgehead atoms. The molecule has 0 amide bonds. The molecule has 2 aromatic heterocycles. The monoisotopic (exact) mass is 444 g/mol. The van der Waals surface area contributed by atoms with Crippen LogP contribution in [0.5, 0.6) is 0 Å². The average Bonchev–Trinajstić information content (AvgIpc) is 2.65. The lowest BCUT2D eigenvalue weighted by molar-refractivity contribution is 1.44. The van der Waals surface area contributed by atoms with E-state index in [0.29, 0.717) is 0 Å². The summed E-state index contributed by atoms with van der Waals surface area (Å²) in [5, 5.41) is 0. The van der Waals surface area contributed by atoms with Gasteiger partial charge in [-0.1, -0.05) is 0 Å². The number of hydrogen-bond acceptors (Lipinski definition) is 4. The summed E-state index contributed by atoms with van der Waals surface area (Å²) in [6, 6.07) is 4.18. The highest BCUT2D eigenvalue weighted by Crippen LogP contribution is 2.33. The summed E-state index contributed by atoms with van der Waals surface area (Å²) in [7, 11) is 0. The largest absolute Gasteiger partial charge is 0.230 e. The Morgan fingerprint density at radius 3 is 2.64 bits per heavy atom. The summed E-state index contributed by atoms with van der Waals surface area (Å²) in [4.78, 5) is 8.97. The van der Waals surface area contributed by atoms with Gasteiger partial charge in [-0.3, -0.25) is 0 Å². The zero-order valence-electron chi connectivity index (χ0n) is 6.62. The van der Waals surface area contributed by atoms with Gasteiger partial charge in [-0.25, -0.2) is 9.97 Å². The molecule has 0 unspecified atom stereocenters. The fraction of sp³-hybridized carbons (Fsp3) is 0. The number of nitrogens with zero attached hydrogens (tertiary/aromatic N) is 2. The number of fused-ring (bicyclic) bond motifs is 3. The van der Waals surface area contributed by atoms with Gasteiger partial charge in [-0.15, -0.1) is 22.7 Å². The highest BCUT2D eigenvalue weighted by molar-refractivity contribution is 14.1. The summed E-state index contributed by atoms with van der Waals surface area (Å²) in [5.74, 6) is 0. The smallest absolute Gasteiger partial charge is 0.155 e. The van der Waals surface area contributed by atoms with Crippen LogP contribution >= 0.6 is 67.9 Å². The van der Waals surface area contributed by atoms with Crippen molar-refractivity contribution in [3.05, 3.63) is 18.2 Å². The Labute approximate surface area is 115 Å². The summed E-state index contributed by atoms with van der Waals surface area (Å²) in [5.41, 5.74) is 2.17. The molecule has 0 aliphatic heterocycles. The lowest BCUT2D eigenvalue weighted by atomic mass is 10.3. The molecule has 0 saturated carbocycles. The van der Waals surface area contributed by atoms with Crippen LogP contribution in [0, 0.1) is 6.03 Å². The maximum Gasteiger partial charge on any atom is 0.155 e. The first-order valence-electron chi connectivity index (χ1n) is 3.75. The molecule has 0 N–H and O–H groups in total. The van der Waals surface area contributed by atoms with E-state index in [0.717, 1.165) is 17.1 Å². The molecular formula is C8H2I2N2S2. The van der Waals surface area contributed by atoms with Gasteiger partial charge in [-0.2, -0.15) is 0 Å². The van der Waals surface area contributed by atoms with Crippen molar-refractivity contribution in [2.75, 3.05) is 0 Å². The third-order valence-electron chi connectivity index (χ3n) is 1.86. The predicted octanol–water partition coefficient (Wildman–Crippen LogP) is 4.12.